The SMILES string of the molecule is NC(=O)c1c(Br)n([C@@H]2O[C@H](CO)[C@@H](O)[C@H]2O)c2cc(Cl)c(Cl)cc12. The predicted octanol–water partition coefficient (Wildman–Crippen LogP) is 1.42. The van der Waals surface area contributed by atoms with Gasteiger partial charge in [0.15, 0.2) is 6.23 Å². The number of carbonyl (C=O) groups is 1. The summed E-state index contributed by atoms with van der Waals surface area (Å²) in [4.78, 5) is 11.8. The number of halogens is 3. The first-order valence-corrected chi connectivity index (χ1v) is 8.43. The third-order valence-corrected chi connectivity index (χ3v) is 5.50. The zero-order valence-electron chi connectivity index (χ0n) is 12.0. The Balaban J connectivity index is 2.27. The maximum atomic E-state index is 11.8. The number of nitrogens with zero attached hydrogens (tertiary/aromatic N) is 1. The number of benzene rings is 1. The Kier molecular flexibility index (Phi) is 4.82. The Morgan fingerprint density at radius 2 is 1.92 bits per heavy atom. The maximum Gasteiger partial charge on any atom is 0.252 e. The van der Waals surface area contributed by atoms with Crippen molar-refractivity contribution in [2.45, 2.75) is 24.5 Å². The van der Waals surface area contributed by atoms with Gasteiger partial charge in [0.25, 0.3) is 5.91 Å². The van der Waals surface area contributed by atoms with E-state index in [2.05, 4.69) is 15.9 Å². The fourth-order valence-electron chi connectivity index (χ4n) is 2.85. The molecule has 0 unspecified atom stereocenters. The van der Waals surface area contributed by atoms with Gasteiger partial charge in [-0.15, -0.1) is 0 Å². The van der Waals surface area contributed by atoms with E-state index in [1.165, 1.54) is 16.7 Å². The van der Waals surface area contributed by atoms with E-state index in [0.29, 0.717) is 10.9 Å². The van der Waals surface area contributed by atoms with Crippen molar-refractivity contribution in [1.29, 1.82) is 0 Å². The third-order valence-electron chi connectivity index (χ3n) is 4.00. The van der Waals surface area contributed by atoms with Gasteiger partial charge in [-0.05, 0) is 28.1 Å². The minimum atomic E-state index is -1.33. The summed E-state index contributed by atoms with van der Waals surface area (Å²) in [6.07, 6.45) is -4.64. The number of hydrogen-bond donors (Lipinski definition) is 4. The summed E-state index contributed by atoms with van der Waals surface area (Å²) in [5.41, 5.74) is 6.02. The van der Waals surface area contributed by atoms with Gasteiger partial charge in [-0.1, -0.05) is 23.2 Å². The lowest BCUT2D eigenvalue weighted by molar-refractivity contribution is -0.0516. The van der Waals surface area contributed by atoms with Crippen LogP contribution in [-0.4, -0.2) is 50.7 Å². The van der Waals surface area contributed by atoms with Crippen molar-refractivity contribution in [3.63, 3.8) is 0 Å². The highest BCUT2D eigenvalue weighted by atomic mass is 79.9. The highest BCUT2D eigenvalue weighted by molar-refractivity contribution is 9.10. The van der Waals surface area contributed by atoms with Crippen molar-refractivity contribution in [1.82, 2.24) is 4.57 Å². The second-order valence-electron chi connectivity index (χ2n) is 5.41. The number of rotatable bonds is 3. The number of ether oxygens (including phenoxy) is 1. The number of nitrogens with two attached hydrogens (primary N) is 1. The molecular weight excluding hydrogens is 427 g/mol. The van der Waals surface area contributed by atoms with Gasteiger partial charge >= 0.3 is 0 Å². The van der Waals surface area contributed by atoms with Gasteiger partial charge in [0.1, 0.15) is 22.9 Å². The Morgan fingerprint density at radius 3 is 2.46 bits per heavy atom. The largest absolute Gasteiger partial charge is 0.394 e. The van der Waals surface area contributed by atoms with Crippen LogP contribution in [0, 0.1) is 0 Å². The molecule has 1 aromatic heterocycles. The van der Waals surface area contributed by atoms with Crippen molar-refractivity contribution in [2.24, 2.45) is 5.73 Å². The van der Waals surface area contributed by atoms with Crippen molar-refractivity contribution in [3.8, 4) is 0 Å². The van der Waals surface area contributed by atoms with Gasteiger partial charge in [-0.25, -0.2) is 0 Å². The molecule has 1 saturated heterocycles. The second kappa shape index (κ2) is 6.45. The van der Waals surface area contributed by atoms with Gasteiger partial charge in [0.05, 0.1) is 27.7 Å². The number of aromatic nitrogens is 1. The summed E-state index contributed by atoms with van der Waals surface area (Å²) >= 11 is 15.4. The molecule has 24 heavy (non-hydrogen) atoms. The van der Waals surface area contributed by atoms with Crippen LogP contribution in [0.25, 0.3) is 10.9 Å². The molecule has 0 bridgehead atoms. The number of aliphatic hydroxyl groups excluding tert-OH is 3. The molecular formula is C14H13BrCl2N2O5. The molecule has 0 radical (unpaired) electrons. The normalized spacial score (nSPS) is 27.1. The van der Waals surface area contributed by atoms with Crippen molar-refractivity contribution >= 4 is 55.9 Å². The zero-order valence-corrected chi connectivity index (χ0v) is 15.1. The first kappa shape index (κ1) is 17.9. The van der Waals surface area contributed by atoms with E-state index in [-0.39, 0.29) is 20.2 Å². The van der Waals surface area contributed by atoms with E-state index < -0.39 is 37.1 Å². The highest BCUT2D eigenvalue weighted by Gasteiger charge is 2.44. The summed E-state index contributed by atoms with van der Waals surface area (Å²) in [5.74, 6) is -0.712. The lowest BCUT2D eigenvalue weighted by Crippen LogP contribution is -2.33. The highest BCUT2D eigenvalue weighted by Crippen LogP contribution is 2.41. The minimum absolute atomic E-state index is 0.140. The summed E-state index contributed by atoms with van der Waals surface area (Å²) in [6, 6.07) is 2.99. The number of aliphatic hydroxyl groups is 3. The molecule has 4 atom stereocenters. The van der Waals surface area contributed by atoms with Crippen LogP contribution in [0.1, 0.15) is 16.6 Å². The Bertz CT molecular complexity index is 827. The molecule has 0 aliphatic carbocycles. The lowest BCUT2D eigenvalue weighted by atomic mass is 10.1. The Morgan fingerprint density at radius 1 is 1.29 bits per heavy atom. The fraction of sp³-hybridized carbons (Fsp3) is 0.357. The predicted molar refractivity (Wildman–Crippen MR) is 91.2 cm³/mol. The standard InChI is InChI=1S/C14H13BrCl2N2O5/c15-12-9(13(18)23)4-1-5(16)6(17)2-7(4)19(12)14-11(22)10(21)8(3-20)24-14/h1-2,8,10-11,14,20-22H,3H2,(H2,18,23)/t8-,10-,11-,14-/m1/s1. The molecule has 1 amide bonds. The van der Waals surface area contributed by atoms with Crippen LogP contribution < -0.4 is 5.73 Å². The molecule has 1 aliphatic rings. The maximum absolute atomic E-state index is 11.8. The zero-order chi connectivity index (χ0) is 17.8. The van der Waals surface area contributed by atoms with Crippen LogP contribution in [0.5, 0.6) is 0 Å². The molecule has 1 aliphatic heterocycles. The summed E-state index contributed by atoms with van der Waals surface area (Å²) in [7, 11) is 0. The molecule has 0 spiro atoms. The molecule has 3 rings (SSSR count). The van der Waals surface area contributed by atoms with Crippen molar-refractivity contribution in [2.75, 3.05) is 6.61 Å². The lowest BCUT2D eigenvalue weighted by Gasteiger charge is -2.19. The second-order valence-corrected chi connectivity index (χ2v) is 6.98. The quantitative estimate of drug-likeness (QED) is 0.576. The third kappa shape index (κ3) is 2.62. The molecule has 7 nitrogen and oxygen atoms in total. The monoisotopic (exact) mass is 438 g/mol. The Labute approximate surface area is 154 Å². The summed E-state index contributed by atoms with van der Waals surface area (Å²) in [6.45, 7) is -0.471. The topological polar surface area (TPSA) is 118 Å². The summed E-state index contributed by atoms with van der Waals surface area (Å²) in [5, 5.41) is 30.4. The molecule has 1 aromatic carbocycles. The molecule has 2 heterocycles. The number of hydrogen-bond acceptors (Lipinski definition) is 5. The fourth-order valence-corrected chi connectivity index (χ4v) is 3.97. The van der Waals surface area contributed by atoms with Crippen LogP contribution >= 0.6 is 39.1 Å². The average molecular weight is 440 g/mol. The number of amides is 1. The minimum Gasteiger partial charge on any atom is -0.394 e. The van der Waals surface area contributed by atoms with Gasteiger partial charge in [-0.3, -0.25) is 4.79 Å². The van der Waals surface area contributed by atoms with Gasteiger partial charge < -0.3 is 30.4 Å². The number of fused-ring (bicyclic) bond motifs is 1. The first-order valence-electron chi connectivity index (χ1n) is 6.88. The Hall–Kier alpha value is -0.870. The van der Waals surface area contributed by atoms with E-state index in [1.807, 2.05) is 0 Å². The van der Waals surface area contributed by atoms with Crippen molar-refractivity contribution in [3.05, 3.63) is 32.3 Å². The van der Waals surface area contributed by atoms with Crippen LogP contribution in [-0.2, 0) is 4.74 Å². The van der Waals surface area contributed by atoms with E-state index in [0.717, 1.165) is 0 Å². The van der Waals surface area contributed by atoms with Crippen LogP contribution in [0.3, 0.4) is 0 Å². The molecule has 2 aromatic rings. The van der Waals surface area contributed by atoms with Gasteiger partial charge in [-0.2, -0.15) is 0 Å². The smallest absolute Gasteiger partial charge is 0.252 e. The van der Waals surface area contributed by atoms with Gasteiger partial charge in [0.2, 0.25) is 0 Å². The molecule has 10 heteroatoms. The van der Waals surface area contributed by atoms with Crippen LogP contribution in [0.15, 0.2) is 16.7 Å². The molecule has 130 valence electrons. The summed E-state index contributed by atoms with van der Waals surface area (Å²) < 4.78 is 7.22. The number of primary amides is 1. The molecule has 5 N–H and O–H groups in total. The van der Waals surface area contributed by atoms with Crippen LogP contribution in [0.4, 0.5) is 0 Å². The first-order chi connectivity index (χ1) is 11.3. The van der Waals surface area contributed by atoms with E-state index in [9.17, 15) is 20.1 Å². The number of carbonyl (C=O) groups excluding carboxylic acids is 1. The van der Waals surface area contributed by atoms with Crippen LogP contribution in [0.2, 0.25) is 10.0 Å². The van der Waals surface area contributed by atoms with E-state index in [4.69, 9.17) is 33.7 Å². The van der Waals surface area contributed by atoms with E-state index >= 15 is 0 Å². The average Bonchev–Trinajstić information content (AvgIpc) is 2.94. The van der Waals surface area contributed by atoms with Crippen molar-refractivity contribution < 1.29 is 24.9 Å². The van der Waals surface area contributed by atoms with Gasteiger partial charge in [0, 0.05) is 5.39 Å². The van der Waals surface area contributed by atoms with E-state index in [1.54, 1.807) is 0 Å². The molecule has 1 fully saturated rings. The molecule has 0 saturated carbocycles.